The third-order valence-electron chi connectivity index (χ3n) is 6.03. The van der Waals surface area contributed by atoms with Gasteiger partial charge in [0.15, 0.2) is 0 Å². The zero-order valence-corrected chi connectivity index (χ0v) is 27.4. The van der Waals surface area contributed by atoms with E-state index < -0.39 is 11.9 Å². The van der Waals surface area contributed by atoms with Gasteiger partial charge in [0, 0.05) is 12.8 Å². The molecule has 0 N–H and O–H groups in total. The molecular weight excluding hydrogens is 496 g/mol. The fraction of sp³-hybridized carbons (Fsp3) is 1.00. The van der Waals surface area contributed by atoms with E-state index in [4.69, 9.17) is 33.5 Å². The highest BCUT2D eigenvalue weighted by atomic mass is 17.3. The van der Waals surface area contributed by atoms with Crippen molar-refractivity contribution in [2.45, 2.75) is 182 Å². The summed E-state index contributed by atoms with van der Waals surface area (Å²) in [5.41, 5.74) is -0.381. The van der Waals surface area contributed by atoms with E-state index in [1.165, 1.54) is 12.8 Å². The number of hydrogen-bond donors (Lipinski definition) is 0. The van der Waals surface area contributed by atoms with Crippen molar-refractivity contribution in [1.82, 2.24) is 0 Å². The van der Waals surface area contributed by atoms with E-state index in [0.29, 0.717) is 39.3 Å². The molecule has 0 aliphatic rings. The summed E-state index contributed by atoms with van der Waals surface area (Å²) in [5.74, 6) is -2.22. The van der Waals surface area contributed by atoms with Crippen molar-refractivity contribution in [3.63, 3.8) is 0 Å². The Bertz CT molecular complexity index is 537. The maximum Gasteiger partial charge on any atom is 0.312 e. The predicted octanol–water partition coefficient (Wildman–Crippen LogP) is 9.46. The topological polar surface area (TPSA) is 64.6 Å². The van der Waals surface area contributed by atoms with Gasteiger partial charge in [0.05, 0.1) is 38.1 Å². The average molecular weight is 563 g/mol. The standard InChI is InChI=1S/C32H66O7/c1-10-14-17-22-28-36-39-32(33-25-13-4,37-29(5)6)24-20-18-19-23-31(34-26-16-12-3,38-30(7,8)9)35-27-21-15-11-2/h29H,10-28H2,1-9H3. The molecular formula is C32H66O7. The van der Waals surface area contributed by atoms with E-state index in [1.807, 2.05) is 13.8 Å². The van der Waals surface area contributed by atoms with Crippen LogP contribution in [0.1, 0.15) is 159 Å². The lowest BCUT2D eigenvalue weighted by atomic mass is 10.1. The maximum atomic E-state index is 6.46. The lowest BCUT2D eigenvalue weighted by molar-refractivity contribution is -0.514. The van der Waals surface area contributed by atoms with Gasteiger partial charge in [-0.1, -0.05) is 72.6 Å². The van der Waals surface area contributed by atoms with Crippen LogP contribution >= 0.6 is 0 Å². The zero-order chi connectivity index (χ0) is 29.5. The molecule has 0 aromatic heterocycles. The summed E-state index contributed by atoms with van der Waals surface area (Å²) in [6.45, 7) is 21.2. The Morgan fingerprint density at radius 3 is 1.59 bits per heavy atom. The summed E-state index contributed by atoms with van der Waals surface area (Å²) >= 11 is 0. The second-order valence-corrected chi connectivity index (χ2v) is 11.9. The minimum absolute atomic E-state index is 0.0538. The summed E-state index contributed by atoms with van der Waals surface area (Å²) in [6.07, 6.45) is 14.6. The highest BCUT2D eigenvalue weighted by Crippen LogP contribution is 2.31. The fourth-order valence-electron chi connectivity index (χ4n) is 4.16. The monoisotopic (exact) mass is 562 g/mol. The quantitative estimate of drug-likeness (QED) is 0.0407. The smallest absolute Gasteiger partial charge is 0.312 e. The average Bonchev–Trinajstić information content (AvgIpc) is 2.86. The molecule has 0 bridgehead atoms. The largest absolute Gasteiger partial charge is 0.327 e. The molecule has 0 rings (SSSR count). The minimum Gasteiger partial charge on any atom is -0.327 e. The molecule has 0 saturated heterocycles. The third kappa shape index (κ3) is 21.1. The molecule has 2 atom stereocenters. The molecule has 39 heavy (non-hydrogen) atoms. The normalized spacial score (nSPS) is 15.5. The van der Waals surface area contributed by atoms with Gasteiger partial charge in [0.2, 0.25) is 0 Å². The van der Waals surface area contributed by atoms with Crippen LogP contribution in [0.3, 0.4) is 0 Å². The molecule has 0 aliphatic carbocycles. The van der Waals surface area contributed by atoms with Crippen LogP contribution in [0.2, 0.25) is 0 Å². The molecule has 7 heteroatoms. The molecule has 0 heterocycles. The van der Waals surface area contributed by atoms with Crippen LogP contribution in [0, 0.1) is 0 Å². The first-order valence-electron chi connectivity index (χ1n) is 16.2. The van der Waals surface area contributed by atoms with Gasteiger partial charge >= 0.3 is 5.97 Å². The summed E-state index contributed by atoms with van der Waals surface area (Å²) in [7, 11) is 0. The summed E-state index contributed by atoms with van der Waals surface area (Å²) in [4.78, 5) is 11.5. The van der Waals surface area contributed by atoms with E-state index in [-0.39, 0.29) is 11.7 Å². The number of rotatable bonds is 28. The van der Waals surface area contributed by atoms with Gasteiger partial charge in [-0.25, -0.2) is 4.89 Å². The van der Waals surface area contributed by atoms with Crippen molar-refractivity contribution in [1.29, 1.82) is 0 Å². The van der Waals surface area contributed by atoms with Gasteiger partial charge in [0.1, 0.15) is 0 Å². The van der Waals surface area contributed by atoms with Crippen LogP contribution in [0.25, 0.3) is 0 Å². The third-order valence-corrected chi connectivity index (χ3v) is 6.03. The lowest BCUT2D eigenvalue weighted by Crippen LogP contribution is -2.45. The van der Waals surface area contributed by atoms with Crippen LogP contribution in [-0.2, 0) is 33.5 Å². The molecule has 0 fully saturated rings. The van der Waals surface area contributed by atoms with Crippen molar-refractivity contribution in [2.24, 2.45) is 0 Å². The highest BCUT2D eigenvalue weighted by Gasteiger charge is 2.39. The van der Waals surface area contributed by atoms with Crippen LogP contribution < -0.4 is 0 Å². The van der Waals surface area contributed by atoms with Crippen LogP contribution in [-0.4, -0.2) is 50.1 Å². The van der Waals surface area contributed by atoms with Crippen molar-refractivity contribution >= 4 is 0 Å². The fourth-order valence-corrected chi connectivity index (χ4v) is 4.16. The Labute approximate surface area is 242 Å². The Morgan fingerprint density at radius 2 is 1.03 bits per heavy atom. The van der Waals surface area contributed by atoms with E-state index in [1.54, 1.807) is 0 Å². The molecule has 0 aromatic rings. The zero-order valence-electron chi connectivity index (χ0n) is 27.4. The van der Waals surface area contributed by atoms with Crippen LogP contribution in [0.15, 0.2) is 0 Å². The van der Waals surface area contributed by atoms with Crippen molar-refractivity contribution in [2.75, 3.05) is 26.4 Å². The first-order valence-corrected chi connectivity index (χ1v) is 16.2. The Balaban J connectivity index is 5.23. The van der Waals surface area contributed by atoms with Crippen LogP contribution in [0.4, 0.5) is 0 Å². The summed E-state index contributed by atoms with van der Waals surface area (Å²) in [5, 5.41) is 0. The minimum atomic E-state index is -1.19. The second-order valence-electron chi connectivity index (χ2n) is 11.9. The molecule has 2 unspecified atom stereocenters. The first-order chi connectivity index (χ1) is 18.6. The van der Waals surface area contributed by atoms with Crippen molar-refractivity contribution in [3.8, 4) is 0 Å². The van der Waals surface area contributed by atoms with E-state index in [0.717, 1.165) is 70.6 Å². The van der Waals surface area contributed by atoms with Crippen molar-refractivity contribution < 1.29 is 33.5 Å². The molecule has 0 saturated carbocycles. The Kier molecular flexibility index (Phi) is 23.1. The van der Waals surface area contributed by atoms with E-state index in [2.05, 4.69) is 48.5 Å². The Morgan fingerprint density at radius 1 is 0.513 bits per heavy atom. The van der Waals surface area contributed by atoms with Gasteiger partial charge in [-0.15, -0.1) is 0 Å². The van der Waals surface area contributed by atoms with Gasteiger partial charge in [-0.2, -0.15) is 4.89 Å². The molecule has 7 nitrogen and oxygen atoms in total. The van der Waals surface area contributed by atoms with Crippen molar-refractivity contribution in [3.05, 3.63) is 0 Å². The molecule has 0 amide bonds. The second kappa shape index (κ2) is 23.3. The molecule has 236 valence electrons. The summed E-state index contributed by atoms with van der Waals surface area (Å²) < 4.78 is 31.5. The first kappa shape index (κ1) is 38.7. The molecule has 0 spiro atoms. The van der Waals surface area contributed by atoms with Gasteiger partial charge in [-0.3, -0.25) is 0 Å². The molecule has 0 radical (unpaired) electrons. The van der Waals surface area contributed by atoms with E-state index in [9.17, 15) is 0 Å². The van der Waals surface area contributed by atoms with Gasteiger partial charge in [-0.05, 0) is 73.1 Å². The summed E-state index contributed by atoms with van der Waals surface area (Å²) in [6, 6.07) is 0. The predicted molar refractivity (Wildman–Crippen MR) is 159 cm³/mol. The van der Waals surface area contributed by atoms with Gasteiger partial charge < -0.3 is 23.7 Å². The number of ether oxygens (including phenoxy) is 5. The maximum absolute atomic E-state index is 6.46. The molecule has 0 aliphatic heterocycles. The SMILES string of the molecule is CCCCCCOOC(CCCCCC(OCCCC)(OCCCCC)OC(C)(C)C)(OCCC)OC(C)C. The lowest BCUT2D eigenvalue weighted by Gasteiger charge is -2.39. The highest BCUT2D eigenvalue weighted by molar-refractivity contribution is 4.69. The van der Waals surface area contributed by atoms with E-state index >= 15 is 0 Å². The number of hydrogen-bond acceptors (Lipinski definition) is 7. The van der Waals surface area contributed by atoms with Gasteiger partial charge in [0.25, 0.3) is 5.97 Å². The Hall–Kier alpha value is -0.280. The molecule has 0 aromatic carbocycles. The van der Waals surface area contributed by atoms with Crippen LogP contribution in [0.5, 0.6) is 0 Å². The number of unbranched alkanes of at least 4 members (excludes halogenated alkanes) is 8.